The van der Waals surface area contributed by atoms with Crippen LogP contribution in [0.4, 0.5) is 5.13 Å². The first-order chi connectivity index (χ1) is 11.2. The molecular formula is C16H17N3O2S2. The summed E-state index contributed by atoms with van der Waals surface area (Å²) in [4.78, 5) is 32.2. The highest BCUT2D eigenvalue weighted by atomic mass is 32.1. The van der Waals surface area contributed by atoms with Crippen LogP contribution in [0.3, 0.4) is 0 Å². The Morgan fingerprint density at radius 1 is 1.48 bits per heavy atom. The maximum Gasteiger partial charge on any atom is 0.267 e. The number of thiazole rings is 1. The van der Waals surface area contributed by atoms with Crippen LogP contribution in [0.2, 0.25) is 0 Å². The molecule has 0 spiro atoms. The average Bonchev–Trinajstić information content (AvgIpc) is 3.20. The zero-order chi connectivity index (χ0) is 16.2. The standard InChI is InChI=1S/C16H17N3O2S2/c1-2-3-6-14(20)19-8-7-11-13(10-19)23-16(17-11)18-15(21)12-5-4-9-22-12/h2,4-5,9H,1,3,6-8,10H2,(H,17,18,21). The van der Waals surface area contributed by atoms with Crippen LogP contribution in [-0.2, 0) is 17.8 Å². The molecule has 0 aromatic carbocycles. The first-order valence-corrected chi connectivity index (χ1v) is 9.09. The second-order valence-corrected chi connectivity index (χ2v) is 7.24. The van der Waals surface area contributed by atoms with Crippen molar-refractivity contribution < 1.29 is 9.59 Å². The molecule has 2 aromatic rings. The molecule has 5 nitrogen and oxygen atoms in total. The van der Waals surface area contributed by atoms with E-state index in [0.29, 0.717) is 35.9 Å². The quantitative estimate of drug-likeness (QED) is 0.844. The number of amides is 2. The van der Waals surface area contributed by atoms with Gasteiger partial charge in [0.15, 0.2) is 5.13 Å². The molecular weight excluding hydrogens is 330 g/mol. The van der Waals surface area contributed by atoms with Gasteiger partial charge < -0.3 is 4.90 Å². The number of nitrogens with one attached hydrogen (secondary N) is 1. The van der Waals surface area contributed by atoms with Crippen LogP contribution < -0.4 is 5.32 Å². The largest absolute Gasteiger partial charge is 0.337 e. The van der Waals surface area contributed by atoms with Crippen molar-refractivity contribution in [2.45, 2.75) is 25.8 Å². The molecule has 0 aliphatic carbocycles. The Kier molecular flexibility index (Phi) is 4.88. The molecule has 3 heterocycles. The number of hydrogen-bond acceptors (Lipinski definition) is 5. The van der Waals surface area contributed by atoms with Gasteiger partial charge in [-0.2, -0.15) is 0 Å². The van der Waals surface area contributed by atoms with Gasteiger partial charge in [0.1, 0.15) is 0 Å². The summed E-state index contributed by atoms with van der Waals surface area (Å²) in [5.74, 6) is 0.0122. The Morgan fingerprint density at radius 3 is 3.09 bits per heavy atom. The highest BCUT2D eigenvalue weighted by Gasteiger charge is 2.24. The van der Waals surface area contributed by atoms with E-state index in [0.717, 1.165) is 17.0 Å². The lowest BCUT2D eigenvalue weighted by atomic mass is 10.1. The van der Waals surface area contributed by atoms with Gasteiger partial charge in [-0.1, -0.05) is 23.5 Å². The molecule has 120 valence electrons. The molecule has 0 unspecified atom stereocenters. The summed E-state index contributed by atoms with van der Waals surface area (Å²) in [5.41, 5.74) is 0.990. The number of hydrogen-bond donors (Lipinski definition) is 1. The van der Waals surface area contributed by atoms with Crippen LogP contribution in [0, 0.1) is 0 Å². The summed E-state index contributed by atoms with van der Waals surface area (Å²) in [6, 6.07) is 3.63. The Balaban J connectivity index is 1.65. The fourth-order valence-corrected chi connectivity index (χ4v) is 4.05. The number of fused-ring (bicyclic) bond motifs is 1. The van der Waals surface area contributed by atoms with E-state index in [1.54, 1.807) is 12.1 Å². The second-order valence-electron chi connectivity index (χ2n) is 5.21. The van der Waals surface area contributed by atoms with E-state index < -0.39 is 0 Å². The van der Waals surface area contributed by atoms with Crippen molar-refractivity contribution in [2.24, 2.45) is 0 Å². The monoisotopic (exact) mass is 347 g/mol. The molecule has 2 aromatic heterocycles. The van der Waals surface area contributed by atoms with Gasteiger partial charge in [-0.3, -0.25) is 14.9 Å². The molecule has 23 heavy (non-hydrogen) atoms. The van der Waals surface area contributed by atoms with Crippen molar-refractivity contribution in [1.82, 2.24) is 9.88 Å². The lowest BCUT2D eigenvalue weighted by molar-refractivity contribution is -0.132. The van der Waals surface area contributed by atoms with Crippen LogP contribution in [0.15, 0.2) is 30.2 Å². The van der Waals surface area contributed by atoms with Crippen LogP contribution in [-0.4, -0.2) is 28.2 Å². The predicted molar refractivity (Wildman–Crippen MR) is 92.9 cm³/mol. The molecule has 1 N–H and O–H groups in total. The fourth-order valence-electron chi connectivity index (χ4n) is 2.41. The van der Waals surface area contributed by atoms with E-state index in [4.69, 9.17) is 0 Å². The third-order valence-electron chi connectivity index (χ3n) is 3.61. The van der Waals surface area contributed by atoms with Crippen molar-refractivity contribution in [1.29, 1.82) is 0 Å². The summed E-state index contributed by atoms with van der Waals surface area (Å²) >= 11 is 2.85. The molecule has 0 radical (unpaired) electrons. The van der Waals surface area contributed by atoms with Crippen molar-refractivity contribution in [3.63, 3.8) is 0 Å². The number of carbonyl (C=O) groups is 2. The molecule has 0 fully saturated rings. The highest BCUT2D eigenvalue weighted by molar-refractivity contribution is 7.16. The van der Waals surface area contributed by atoms with E-state index in [2.05, 4.69) is 16.9 Å². The van der Waals surface area contributed by atoms with Crippen LogP contribution >= 0.6 is 22.7 Å². The number of nitrogens with zero attached hydrogens (tertiary/aromatic N) is 2. The van der Waals surface area contributed by atoms with Crippen molar-refractivity contribution in [3.8, 4) is 0 Å². The predicted octanol–water partition coefficient (Wildman–Crippen LogP) is 3.31. The minimum atomic E-state index is -0.134. The molecule has 0 bridgehead atoms. The van der Waals surface area contributed by atoms with Gasteiger partial charge in [-0.05, 0) is 17.9 Å². The minimum Gasteiger partial charge on any atom is -0.337 e. The fraction of sp³-hybridized carbons (Fsp3) is 0.312. The third-order valence-corrected chi connectivity index (χ3v) is 5.48. The van der Waals surface area contributed by atoms with Gasteiger partial charge in [0.25, 0.3) is 5.91 Å². The summed E-state index contributed by atoms with van der Waals surface area (Å²) in [6.07, 6.45) is 3.70. The first-order valence-electron chi connectivity index (χ1n) is 7.39. The summed E-state index contributed by atoms with van der Waals surface area (Å²) in [6.45, 7) is 4.91. The van der Waals surface area contributed by atoms with Crippen LogP contribution in [0.25, 0.3) is 0 Å². The van der Waals surface area contributed by atoms with E-state index in [9.17, 15) is 9.59 Å². The summed E-state index contributed by atoms with van der Waals surface area (Å²) < 4.78 is 0. The Bertz CT molecular complexity index is 722. The number of rotatable bonds is 5. The highest BCUT2D eigenvalue weighted by Crippen LogP contribution is 2.29. The van der Waals surface area contributed by atoms with E-state index in [-0.39, 0.29) is 11.8 Å². The van der Waals surface area contributed by atoms with Crippen molar-refractivity contribution in [3.05, 3.63) is 45.6 Å². The van der Waals surface area contributed by atoms with E-state index >= 15 is 0 Å². The molecule has 2 amide bonds. The normalized spacial score (nSPS) is 13.5. The molecule has 1 aliphatic rings. The maximum absolute atomic E-state index is 12.1. The van der Waals surface area contributed by atoms with Gasteiger partial charge in [-0.15, -0.1) is 17.9 Å². The molecule has 0 atom stereocenters. The first kappa shape index (κ1) is 15.9. The van der Waals surface area contributed by atoms with Gasteiger partial charge in [0.05, 0.1) is 17.1 Å². The Hall–Kier alpha value is -1.99. The molecule has 0 saturated carbocycles. The smallest absolute Gasteiger partial charge is 0.267 e. The lowest BCUT2D eigenvalue weighted by Gasteiger charge is -2.25. The van der Waals surface area contributed by atoms with E-state index in [1.807, 2.05) is 16.3 Å². The number of carbonyl (C=O) groups excluding carboxylic acids is 2. The lowest BCUT2D eigenvalue weighted by Crippen LogP contribution is -2.35. The topological polar surface area (TPSA) is 62.3 Å². The number of thiophene rings is 1. The second kappa shape index (κ2) is 7.06. The average molecular weight is 347 g/mol. The zero-order valence-electron chi connectivity index (χ0n) is 12.6. The SMILES string of the molecule is C=CCCC(=O)N1CCc2nc(NC(=O)c3cccs3)sc2C1. The number of anilines is 1. The Labute approximate surface area is 142 Å². The third kappa shape index (κ3) is 3.68. The minimum absolute atomic E-state index is 0.134. The maximum atomic E-state index is 12.1. The Morgan fingerprint density at radius 2 is 2.35 bits per heavy atom. The summed E-state index contributed by atoms with van der Waals surface area (Å²) in [5, 5.41) is 5.32. The van der Waals surface area contributed by atoms with Gasteiger partial charge in [0.2, 0.25) is 5.91 Å². The van der Waals surface area contributed by atoms with Crippen molar-refractivity contribution in [2.75, 3.05) is 11.9 Å². The van der Waals surface area contributed by atoms with Gasteiger partial charge in [0, 0.05) is 24.3 Å². The zero-order valence-corrected chi connectivity index (χ0v) is 14.2. The van der Waals surface area contributed by atoms with Crippen LogP contribution in [0.1, 0.15) is 33.1 Å². The van der Waals surface area contributed by atoms with Gasteiger partial charge >= 0.3 is 0 Å². The van der Waals surface area contributed by atoms with Crippen molar-refractivity contribution >= 4 is 39.6 Å². The molecule has 7 heteroatoms. The molecule has 3 rings (SSSR count). The molecule has 0 saturated heterocycles. The van der Waals surface area contributed by atoms with E-state index in [1.165, 1.54) is 22.7 Å². The summed E-state index contributed by atoms with van der Waals surface area (Å²) in [7, 11) is 0. The van der Waals surface area contributed by atoms with Gasteiger partial charge in [-0.25, -0.2) is 4.98 Å². The number of aromatic nitrogens is 1. The number of allylic oxidation sites excluding steroid dienone is 1. The molecule has 1 aliphatic heterocycles. The van der Waals surface area contributed by atoms with Crippen LogP contribution in [0.5, 0.6) is 0 Å².